The van der Waals surface area contributed by atoms with Crippen molar-refractivity contribution in [2.24, 2.45) is 11.8 Å². The van der Waals surface area contributed by atoms with Gasteiger partial charge < -0.3 is 9.73 Å². The molecule has 19 heavy (non-hydrogen) atoms. The smallest absolute Gasteiger partial charge is 0.276 e. The number of nitrogens with zero attached hydrogens (tertiary/aromatic N) is 1. The molecule has 0 bridgehead atoms. The zero-order chi connectivity index (χ0) is 14.0. The van der Waals surface area contributed by atoms with E-state index in [1.54, 1.807) is 12.1 Å². The summed E-state index contributed by atoms with van der Waals surface area (Å²) < 4.78 is 31.8. The van der Waals surface area contributed by atoms with E-state index in [0.717, 1.165) is 6.54 Å². The van der Waals surface area contributed by atoms with Crippen molar-refractivity contribution in [3.63, 3.8) is 0 Å². The topological polar surface area (TPSA) is 62.6 Å². The molecular formula is C13H22N2O3S. The monoisotopic (exact) mass is 286 g/mol. The van der Waals surface area contributed by atoms with Crippen LogP contribution in [0.5, 0.6) is 0 Å². The van der Waals surface area contributed by atoms with Crippen LogP contribution in [-0.2, 0) is 16.6 Å². The molecule has 108 valence electrons. The summed E-state index contributed by atoms with van der Waals surface area (Å²) in [5.74, 6) is 1.44. The van der Waals surface area contributed by atoms with Crippen LogP contribution in [0, 0.1) is 11.8 Å². The molecule has 0 saturated carbocycles. The van der Waals surface area contributed by atoms with Crippen molar-refractivity contribution in [1.82, 2.24) is 9.62 Å². The molecule has 6 heteroatoms. The molecule has 1 aliphatic heterocycles. The zero-order valence-corrected chi connectivity index (χ0v) is 12.5. The molecule has 0 spiro atoms. The van der Waals surface area contributed by atoms with Gasteiger partial charge in [0.25, 0.3) is 10.0 Å². The highest BCUT2D eigenvalue weighted by molar-refractivity contribution is 7.89. The molecule has 1 aliphatic rings. The van der Waals surface area contributed by atoms with E-state index in [0.29, 0.717) is 37.2 Å². The van der Waals surface area contributed by atoms with Gasteiger partial charge in [0, 0.05) is 13.1 Å². The second-order valence-corrected chi connectivity index (χ2v) is 7.15. The van der Waals surface area contributed by atoms with Gasteiger partial charge in [-0.3, -0.25) is 0 Å². The van der Waals surface area contributed by atoms with E-state index >= 15 is 0 Å². The minimum absolute atomic E-state index is 0.0571. The van der Waals surface area contributed by atoms with Gasteiger partial charge in [-0.2, -0.15) is 4.31 Å². The summed E-state index contributed by atoms with van der Waals surface area (Å²) in [6, 6.07) is 3.27. The van der Waals surface area contributed by atoms with Gasteiger partial charge in [0.15, 0.2) is 0 Å². The zero-order valence-electron chi connectivity index (χ0n) is 11.7. The summed E-state index contributed by atoms with van der Waals surface area (Å²) in [6.07, 6.45) is 0. The second-order valence-electron chi connectivity index (χ2n) is 5.28. The quantitative estimate of drug-likeness (QED) is 0.894. The van der Waals surface area contributed by atoms with Crippen LogP contribution in [0.3, 0.4) is 0 Å². The second kappa shape index (κ2) is 5.64. The Hall–Kier alpha value is -0.850. The van der Waals surface area contributed by atoms with Crippen LogP contribution in [0.4, 0.5) is 0 Å². The van der Waals surface area contributed by atoms with E-state index in [2.05, 4.69) is 19.2 Å². The number of nitrogens with one attached hydrogen (secondary N) is 1. The Morgan fingerprint density at radius 3 is 2.53 bits per heavy atom. The van der Waals surface area contributed by atoms with Crippen molar-refractivity contribution < 1.29 is 12.8 Å². The molecule has 0 amide bonds. The number of hydrogen-bond donors (Lipinski definition) is 1. The molecule has 0 radical (unpaired) electrons. The van der Waals surface area contributed by atoms with Crippen molar-refractivity contribution in [1.29, 1.82) is 0 Å². The molecule has 1 N–H and O–H groups in total. The Labute approximate surface area is 115 Å². The fourth-order valence-corrected chi connectivity index (χ4v) is 3.81. The molecule has 5 nitrogen and oxygen atoms in total. The van der Waals surface area contributed by atoms with E-state index in [4.69, 9.17) is 4.42 Å². The minimum Gasteiger partial charge on any atom is -0.447 e. The Balaban J connectivity index is 2.14. The van der Waals surface area contributed by atoms with Crippen LogP contribution < -0.4 is 5.32 Å². The molecule has 0 aliphatic carbocycles. The molecule has 1 aromatic heterocycles. The molecule has 2 atom stereocenters. The van der Waals surface area contributed by atoms with Gasteiger partial charge in [0.1, 0.15) is 5.76 Å². The summed E-state index contributed by atoms with van der Waals surface area (Å²) >= 11 is 0. The SMILES string of the molecule is CCNCc1ccc(S(=O)(=O)N2CC(C)C(C)C2)o1. The third kappa shape index (κ3) is 3.01. The highest BCUT2D eigenvalue weighted by atomic mass is 32.2. The summed E-state index contributed by atoms with van der Waals surface area (Å²) in [6.45, 7) is 8.69. The number of hydrogen-bond acceptors (Lipinski definition) is 4. The van der Waals surface area contributed by atoms with Crippen LogP contribution in [0.1, 0.15) is 26.5 Å². The van der Waals surface area contributed by atoms with Crippen molar-refractivity contribution >= 4 is 10.0 Å². The Morgan fingerprint density at radius 1 is 1.32 bits per heavy atom. The fourth-order valence-electron chi connectivity index (χ4n) is 2.24. The molecular weight excluding hydrogens is 264 g/mol. The van der Waals surface area contributed by atoms with Gasteiger partial charge >= 0.3 is 0 Å². The van der Waals surface area contributed by atoms with E-state index in [1.807, 2.05) is 6.92 Å². The number of rotatable bonds is 5. The van der Waals surface area contributed by atoms with Gasteiger partial charge in [-0.25, -0.2) is 8.42 Å². The van der Waals surface area contributed by atoms with Gasteiger partial charge in [-0.05, 0) is 30.5 Å². The maximum Gasteiger partial charge on any atom is 0.276 e. The molecule has 1 aromatic rings. The van der Waals surface area contributed by atoms with E-state index in [9.17, 15) is 8.42 Å². The van der Waals surface area contributed by atoms with Gasteiger partial charge in [0.2, 0.25) is 5.09 Å². The maximum atomic E-state index is 12.4. The molecule has 1 fully saturated rings. The van der Waals surface area contributed by atoms with Crippen LogP contribution in [0.15, 0.2) is 21.6 Å². The first-order valence-electron chi connectivity index (χ1n) is 6.74. The van der Waals surface area contributed by atoms with Crippen molar-refractivity contribution in [2.75, 3.05) is 19.6 Å². The number of furan rings is 1. The Kier molecular flexibility index (Phi) is 4.32. The van der Waals surface area contributed by atoms with E-state index in [-0.39, 0.29) is 5.09 Å². The predicted molar refractivity (Wildman–Crippen MR) is 73.2 cm³/mol. The normalized spacial score (nSPS) is 25.0. The first-order valence-corrected chi connectivity index (χ1v) is 8.18. The van der Waals surface area contributed by atoms with Gasteiger partial charge in [-0.15, -0.1) is 0 Å². The maximum absolute atomic E-state index is 12.4. The third-order valence-corrected chi connectivity index (χ3v) is 5.44. The third-order valence-electron chi connectivity index (χ3n) is 3.74. The highest BCUT2D eigenvalue weighted by Crippen LogP contribution is 2.28. The first kappa shape index (κ1) is 14.6. The Bertz CT molecular complexity index is 514. The standard InChI is InChI=1S/C13H22N2O3S/c1-4-14-7-12-5-6-13(18-12)19(16,17)15-8-10(2)11(3)9-15/h5-6,10-11,14H,4,7-9H2,1-3H3. The molecule has 0 aromatic carbocycles. The highest BCUT2D eigenvalue weighted by Gasteiger charge is 2.36. The van der Waals surface area contributed by atoms with Gasteiger partial charge in [0.05, 0.1) is 6.54 Å². The lowest BCUT2D eigenvalue weighted by molar-refractivity contribution is 0.379. The van der Waals surface area contributed by atoms with Crippen molar-refractivity contribution in [3.05, 3.63) is 17.9 Å². The molecule has 2 rings (SSSR count). The van der Waals surface area contributed by atoms with Crippen molar-refractivity contribution in [2.45, 2.75) is 32.4 Å². The molecule has 2 unspecified atom stereocenters. The van der Waals surface area contributed by atoms with Crippen molar-refractivity contribution in [3.8, 4) is 0 Å². The van der Waals surface area contributed by atoms with Gasteiger partial charge in [-0.1, -0.05) is 20.8 Å². The van der Waals surface area contributed by atoms with Crippen LogP contribution in [0.2, 0.25) is 0 Å². The largest absolute Gasteiger partial charge is 0.447 e. The first-order chi connectivity index (χ1) is 8.95. The van der Waals surface area contributed by atoms with Crippen LogP contribution >= 0.6 is 0 Å². The molecule has 2 heterocycles. The summed E-state index contributed by atoms with van der Waals surface area (Å²) in [5, 5.41) is 3.17. The average molecular weight is 286 g/mol. The van der Waals surface area contributed by atoms with E-state index < -0.39 is 10.0 Å². The van der Waals surface area contributed by atoms with Crippen LogP contribution in [-0.4, -0.2) is 32.4 Å². The van der Waals surface area contributed by atoms with E-state index in [1.165, 1.54) is 4.31 Å². The molecule has 1 saturated heterocycles. The lowest BCUT2D eigenvalue weighted by atomic mass is 10.0. The summed E-state index contributed by atoms with van der Waals surface area (Å²) in [7, 11) is -3.47. The average Bonchev–Trinajstić information content (AvgIpc) is 2.95. The number of sulfonamides is 1. The minimum atomic E-state index is -3.47. The lowest BCUT2D eigenvalue weighted by Crippen LogP contribution is -2.28. The lowest BCUT2D eigenvalue weighted by Gasteiger charge is -2.13. The fraction of sp³-hybridized carbons (Fsp3) is 0.692. The summed E-state index contributed by atoms with van der Waals surface area (Å²) in [5.41, 5.74) is 0. The van der Waals surface area contributed by atoms with Crippen LogP contribution in [0.25, 0.3) is 0 Å². The Morgan fingerprint density at radius 2 is 1.95 bits per heavy atom. The summed E-state index contributed by atoms with van der Waals surface area (Å²) in [4.78, 5) is 0. The predicted octanol–water partition coefficient (Wildman–Crippen LogP) is 1.67.